The molecule has 1 aliphatic carbocycles. The molecule has 1 fully saturated rings. The third-order valence-corrected chi connectivity index (χ3v) is 3.13. The van der Waals surface area contributed by atoms with Gasteiger partial charge >= 0.3 is 5.97 Å². The highest BCUT2D eigenvalue weighted by Gasteiger charge is 2.23. The van der Waals surface area contributed by atoms with Gasteiger partial charge in [0.25, 0.3) is 5.91 Å². The van der Waals surface area contributed by atoms with Crippen LogP contribution in [0.3, 0.4) is 0 Å². The number of hydrogen-bond donors (Lipinski definition) is 2. The summed E-state index contributed by atoms with van der Waals surface area (Å²) < 4.78 is 5.13. The van der Waals surface area contributed by atoms with Crippen LogP contribution in [0.2, 0.25) is 0 Å². The van der Waals surface area contributed by atoms with Gasteiger partial charge in [-0.2, -0.15) is 0 Å². The van der Waals surface area contributed by atoms with Crippen LogP contribution in [-0.4, -0.2) is 23.5 Å². The standard InChI is InChI=1S/C13H17NO4/c1-8-7-18-10(6-11(15)16)12(8)13(17)14-5-4-9-2-3-9/h7,9H,2-6H2,1H3,(H,14,17)(H,15,16). The molecule has 1 amide bonds. The summed E-state index contributed by atoms with van der Waals surface area (Å²) >= 11 is 0. The average molecular weight is 251 g/mol. The summed E-state index contributed by atoms with van der Waals surface area (Å²) in [5, 5.41) is 11.6. The van der Waals surface area contributed by atoms with Crippen LogP contribution in [-0.2, 0) is 11.2 Å². The fourth-order valence-electron chi connectivity index (χ4n) is 1.96. The molecule has 0 aromatic carbocycles. The molecular formula is C13H17NO4. The summed E-state index contributed by atoms with van der Waals surface area (Å²) in [7, 11) is 0. The zero-order valence-electron chi connectivity index (χ0n) is 10.4. The van der Waals surface area contributed by atoms with Gasteiger partial charge in [0.15, 0.2) is 0 Å². The molecular weight excluding hydrogens is 234 g/mol. The lowest BCUT2D eigenvalue weighted by atomic mass is 10.1. The lowest BCUT2D eigenvalue weighted by Gasteiger charge is -2.05. The summed E-state index contributed by atoms with van der Waals surface area (Å²) in [6.07, 6.45) is 4.67. The number of furan rings is 1. The SMILES string of the molecule is Cc1coc(CC(=O)O)c1C(=O)NCCC1CC1. The first-order chi connectivity index (χ1) is 8.58. The molecule has 5 nitrogen and oxygen atoms in total. The zero-order valence-corrected chi connectivity index (χ0v) is 10.4. The minimum atomic E-state index is -1.00. The molecule has 5 heteroatoms. The predicted octanol–water partition coefficient (Wildman–Crippen LogP) is 1.75. The van der Waals surface area contributed by atoms with E-state index >= 15 is 0 Å². The highest BCUT2D eigenvalue weighted by atomic mass is 16.4. The number of aliphatic carboxylic acids is 1. The molecule has 18 heavy (non-hydrogen) atoms. The van der Waals surface area contributed by atoms with Crippen molar-refractivity contribution in [2.45, 2.75) is 32.6 Å². The molecule has 0 saturated heterocycles. The fourth-order valence-corrected chi connectivity index (χ4v) is 1.96. The maximum absolute atomic E-state index is 12.0. The molecule has 0 aliphatic heterocycles. The van der Waals surface area contributed by atoms with Crippen LogP contribution in [0.1, 0.15) is 40.9 Å². The number of rotatable bonds is 6. The average Bonchev–Trinajstić information content (AvgIpc) is 3.03. The molecule has 0 atom stereocenters. The van der Waals surface area contributed by atoms with Crippen LogP contribution >= 0.6 is 0 Å². The Bertz CT molecular complexity index is 460. The Morgan fingerprint density at radius 3 is 2.83 bits per heavy atom. The Labute approximate surface area is 105 Å². The van der Waals surface area contributed by atoms with Crippen LogP contribution in [0.4, 0.5) is 0 Å². The Hall–Kier alpha value is -1.78. The van der Waals surface area contributed by atoms with E-state index in [2.05, 4.69) is 5.32 Å². The molecule has 98 valence electrons. The fraction of sp³-hybridized carbons (Fsp3) is 0.538. The van der Waals surface area contributed by atoms with E-state index in [4.69, 9.17) is 9.52 Å². The van der Waals surface area contributed by atoms with Gasteiger partial charge in [0.05, 0.1) is 11.8 Å². The second-order valence-corrected chi connectivity index (χ2v) is 4.78. The van der Waals surface area contributed by atoms with Crippen LogP contribution < -0.4 is 5.32 Å². The minimum absolute atomic E-state index is 0.226. The van der Waals surface area contributed by atoms with Crippen molar-refractivity contribution in [3.05, 3.63) is 23.2 Å². The molecule has 1 aliphatic rings. The monoisotopic (exact) mass is 251 g/mol. The Morgan fingerprint density at radius 1 is 1.50 bits per heavy atom. The van der Waals surface area contributed by atoms with Gasteiger partial charge < -0.3 is 14.8 Å². The summed E-state index contributed by atoms with van der Waals surface area (Å²) in [6.45, 7) is 2.38. The van der Waals surface area contributed by atoms with E-state index in [0.29, 0.717) is 17.7 Å². The third-order valence-electron chi connectivity index (χ3n) is 3.13. The van der Waals surface area contributed by atoms with Crippen LogP contribution in [0.15, 0.2) is 10.7 Å². The lowest BCUT2D eigenvalue weighted by Crippen LogP contribution is -2.26. The van der Waals surface area contributed by atoms with Crippen LogP contribution in [0, 0.1) is 12.8 Å². The topological polar surface area (TPSA) is 79.5 Å². The molecule has 2 N–H and O–H groups in total. The molecule has 0 unspecified atom stereocenters. The molecule has 1 aromatic heterocycles. The van der Waals surface area contributed by atoms with E-state index in [1.54, 1.807) is 6.92 Å². The summed E-state index contributed by atoms with van der Waals surface area (Å²) in [4.78, 5) is 22.6. The van der Waals surface area contributed by atoms with Gasteiger partial charge in [-0.3, -0.25) is 9.59 Å². The normalized spacial score (nSPS) is 14.5. The van der Waals surface area contributed by atoms with Gasteiger partial charge in [0.1, 0.15) is 12.2 Å². The highest BCUT2D eigenvalue weighted by molar-refractivity contribution is 5.97. The van der Waals surface area contributed by atoms with Crippen molar-refractivity contribution in [2.75, 3.05) is 6.54 Å². The maximum Gasteiger partial charge on any atom is 0.311 e. The first-order valence-electron chi connectivity index (χ1n) is 6.15. The number of nitrogens with one attached hydrogen (secondary N) is 1. The van der Waals surface area contributed by atoms with Crippen LogP contribution in [0.25, 0.3) is 0 Å². The first-order valence-corrected chi connectivity index (χ1v) is 6.15. The van der Waals surface area contributed by atoms with Crippen molar-refractivity contribution in [3.63, 3.8) is 0 Å². The highest BCUT2D eigenvalue weighted by Crippen LogP contribution is 2.31. The predicted molar refractivity (Wildman–Crippen MR) is 64.5 cm³/mol. The number of aryl methyl sites for hydroxylation is 1. The van der Waals surface area contributed by atoms with E-state index in [1.807, 2.05) is 0 Å². The molecule has 0 spiro atoms. The smallest absolute Gasteiger partial charge is 0.311 e. The van der Waals surface area contributed by atoms with E-state index in [1.165, 1.54) is 19.1 Å². The Balaban J connectivity index is 1.98. The molecule has 2 rings (SSSR count). The Morgan fingerprint density at radius 2 is 2.22 bits per heavy atom. The third kappa shape index (κ3) is 3.12. The number of carboxylic acids is 1. The molecule has 1 aromatic rings. The molecule has 0 radical (unpaired) electrons. The zero-order chi connectivity index (χ0) is 13.1. The van der Waals surface area contributed by atoms with E-state index < -0.39 is 5.97 Å². The summed E-state index contributed by atoms with van der Waals surface area (Å²) in [6, 6.07) is 0. The van der Waals surface area contributed by atoms with Crippen molar-refractivity contribution in [2.24, 2.45) is 5.92 Å². The quantitative estimate of drug-likeness (QED) is 0.807. The summed E-state index contributed by atoms with van der Waals surface area (Å²) in [5.74, 6) is -0.257. The van der Waals surface area contributed by atoms with Gasteiger partial charge in [0, 0.05) is 12.1 Å². The molecule has 1 saturated carbocycles. The number of carboxylic acid groups (broad SMARTS) is 1. The number of carbonyl (C=O) groups excluding carboxylic acids is 1. The van der Waals surface area contributed by atoms with Crippen molar-refractivity contribution in [3.8, 4) is 0 Å². The van der Waals surface area contributed by atoms with Crippen LogP contribution in [0.5, 0.6) is 0 Å². The first kappa shape index (κ1) is 12.7. The number of amides is 1. The van der Waals surface area contributed by atoms with E-state index in [-0.39, 0.29) is 18.1 Å². The minimum Gasteiger partial charge on any atom is -0.481 e. The maximum atomic E-state index is 12.0. The largest absolute Gasteiger partial charge is 0.481 e. The second kappa shape index (κ2) is 5.25. The Kier molecular flexibility index (Phi) is 3.69. The number of carbonyl (C=O) groups is 2. The van der Waals surface area contributed by atoms with Gasteiger partial charge in [-0.15, -0.1) is 0 Å². The van der Waals surface area contributed by atoms with Gasteiger partial charge in [-0.05, 0) is 19.3 Å². The van der Waals surface area contributed by atoms with E-state index in [0.717, 1.165) is 12.3 Å². The van der Waals surface area contributed by atoms with Gasteiger partial charge in [0.2, 0.25) is 0 Å². The van der Waals surface area contributed by atoms with Gasteiger partial charge in [-0.1, -0.05) is 12.8 Å². The molecule has 1 heterocycles. The van der Waals surface area contributed by atoms with Crippen molar-refractivity contribution in [1.29, 1.82) is 0 Å². The lowest BCUT2D eigenvalue weighted by molar-refractivity contribution is -0.136. The number of hydrogen-bond acceptors (Lipinski definition) is 3. The van der Waals surface area contributed by atoms with E-state index in [9.17, 15) is 9.59 Å². The van der Waals surface area contributed by atoms with Gasteiger partial charge in [-0.25, -0.2) is 0 Å². The van der Waals surface area contributed by atoms with Crippen molar-refractivity contribution in [1.82, 2.24) is 5.32 Å². The molecule has 0 bridgehead atoms. The second-order valence-electron chi connectivity index (χ2n) is 4.78. The summed E-state index contributed by atoms with van der Waals surface area (Å²) in [5.41, 5.74) is 1.04. The van der Waals surface area contributed by atoms with Crippen molar-refractivity contribution >= 4 is 11.9 Å². The van der Waals surface area contributed by atoms with Crippen molar-refractivity contribution < 1.29 is 19.1 Å².